The molecule has 1 rings (SSSR count). The van der Waals surface area contributed by atoms with Crippen LogP contribution < -0.4 is 0 Å². The van der Waals surface area contributed by atoms with Crippen LogP contribution in [0.15, 0.2) is 0 Å². The van der Waals surface area contributed by atoms with E-state index in [1.807, 2.05) is 0 Å². The fourth-order valence-corrected chi connectivity index (χ4v) is 1.89. The standard InChI is InChI=1S/C11H14O5/c1-11(9(14)4-10(15)16-2)5-7(12)3-8(13)6-11/h3-6H2,1-2H3. The van der Waals surface area contributed by atoms with Crippen LogP contribution in [0.25, 0.3) is 0 Å². The molecule has 0 radical (unpaired) electrons. The minimum absolute atomic E-state index is 0.0363. The molecule has 88 valence electrons. The molecule has 1 aliphatic carbocycles. The normalized spacial score (nSPS) is 19.4. The lowest BCUT2D eigenvalue weighted by Gasteiger charge is -2.29. The molecule has 16 heavy (non-hydrogen) atoms. The number of hydrogen-bond acceptors (Lipinski definition) is 5. The Balaban J connectivity index is 2.76. The summed E-state index contributed by atoms with van der Waals surface area (Å²) in [6.45, 7) is 1.55. The van der Waals surface area contributed by atoms with Crippen LogP contribution in [0.3, 0.4) is 0 Å². The molecule has 0 spiro atoms. The highest BCUT2D eigenvalue weighted by atomic mass is 16.5. The maximum Gasteiger partial charge on any atom is 0.313 e. The van der Waals surface area contributed by atoms with Crippen LogP contribution in [0.1, 0.15) is 32.6 Å². The largest absolute Gasteiger partial charge is 0.469 e. The first-order valence-corrected chi connectivity index (χ1v) is 5.01. The first-order chi connectivity index (χ1) is 7.37. The van der Waals surface area contributed by atoms with Crippen LogP contribution in [-0.4, -0.2) is 30.4 Å². The van der Waals surface area contributed by atoms with Crippen LogP contribution in [0.2, 0.25) is 0 Å². The van der Waals surface area contributed by atoms with Crippen molar-refractivity contribution in [3.8, 4) is 0 Å². The van der Waals surface area contributed by atoms with Gasteiger partial charge in [-0.1, -0.05) is 6.92 Å². The number of carbonyl (C=O) groups excluding carboxylic acids is 4. The molecular formula is C11H14O5. The van der Waals surface area contributed by atoms with Gasteiger partial charge in [0, 0.05) is 18.3 Å². The lowest BCUT2D eigenvalue weighted by Crippen LogP contribution is -2.39. The van der Waals surface area contributed by atoms with Crippen molar-refractivity contribution < 1.29 is 23.9 Å². The van der Waals surface area contributed by atoms with E-state index < -0.39 is 17.2 Å². The highest BCUT2D eigenvalue weighted by molar-refractivity contribution is 6.09. The van der Waals surface area contributed by atoms with E-state index in [-0.39, 0.29) is 37.2 Å². The molecule has 5 heteroatoms. The van der Waals surface area contributed by atoms with E-state index in [4.69, 9.17) is 0 Å². The molecule has 0 N–H and O–H groups in total. The van der Waals surface area contributed by atoms with Gasteiger partial charge in [0.2, 0.25) is 0 Å². The average Bonchev–Trinajstić information content (AvgIpc) is 2.15. The van der Waals surface area contributed by atoms with Crippen molar-refractivity contribution in [1.82, 2.24) is 0 Å². The van der Waals surface area contributed by atoms with Crippen molar-refractivity contribution in [2.24, 2.45) is 5.41 Å². The first kappa shape index (κ1) is 12.5. The number of hydrogen-bond donors (Lipinski definition) is 0. The summed E-state index contributed by atoms with van der Waals surface area (Å²) in [6, 6.07) is 0. The highest BCUT2D eigenvalue weighted by Crippen LogP contribution is 2.34. The zero-order chi connectivity index (χ0) is 12.3. The fraction of sp³-hybridized carbons (Fsp3) is 0.636. The van der Waals surface area contributed by atoms with Crippen molar-refractivity contribution in [1.29, 1.82) is 0 Å². The van der Waals surface area contributed by atoms with E-state index in [1.165, 1.54) is 7.11 Å². The molecule has 0 atom stereocenters. The van der Waals surface area contributed by atoms with Gasteiger partial charge in [-0.2, -0.15) is 0 Å². The zero-order valence-electron chi connectivity index (χ0n) is 9.37. The molecule has 0 unspecified atom stereocenters. The van der Waals surface area contributed by atoms with E-state index in [2.05, 4.69) is 4.74 Å². The number of Topliss-reactive ketones (excluding diaryl/α,β-unsaturated/α-hetero) is 3. The Morgan fingerprint density at radius 2 is 1.75 bits per heavy atom. The summed E-state index contributed by atoms with van der Waals surface area (Å²) in [4.78, 5) is 45.3. The van der Waals surface area contributed by atoms with Crippen LogP contribution >= 0.6 is 0 Å². The lowest BCUT2D eigenvalue weighted by atomic mass is 9.71. The van der Waals surface area contributed by atoms with Gasteiger partial charge in [0.1, 0.15) is 18.0 Å². The SMILES string of the molecule is COC(=O)CC(=O)C1(C)CC(=O)CC(=O)C1. The fourth-order valence-electron chi connectivity index (χ4n) is 1.89. The maximum atomic E-state index is 11.8. The van der Waals surface area contributed by atoms with Gasteiger partial charge in [-0.05, 0) is 0 Å². The maximum absolute atomic E-state index is 11.8. The summed E-state index contributed by atoms with van der Waals surface area (Å²) < 4.78 is 4.38. The van der Waals surface area contributed by atoms with Crippen LogP contribution in [0.5, 0.6) is 0 Å². The lowest BCUT2D eigenvalue weighted by molar-refractivity contribution is -0.149. The van der Waals surface area contributed by atoms with Crippen molar-refractivity contribution in [2.75, 3.05) is 7.11 Å². The van der Waals surface area contributed by atoms with Gasteiger partial charge in [0.05, 0.1) is 13.5 Å². The summed E-state index contributed by atoms with van der Waals surface area (Å²) in [5.74, 6) is -1.52. The summed E-state index contributed by atoms with van der Waals surface area (Å²) in [5, 5.41) is 0. The second-order valence-electron chi connectivity index (χ2n) is 4.34. The van der Waals surface area contributed by atoms with Gasteiger partial charge in [-0.15, -0.1) is 0 Å². The Labute approximate surface area is 93.1 Å². The number of rotatable bonds is 3. The Bertz CT molecular complexity index is 339. The predicted molar refractivity (Wildman–Crippen MR) is 53.6 cm³/mol. The Hall–Kier alpha value is -1.52. The van der Waals surface area contributed by atoms with Gasteiger partial charge in [0.25, 0.3) is 0 Å². The molecule has 1 saturated carbocycles. The number of esters is 1. The van der Waals surface area contributed by atoms with Crippen molar-refractivity contribution in [3.63, 3.8) is 0 Å². The molecule has 0 saturated heterocycles. The molecule has 0 bridgehead atoms. The van der Waals surface area contributed by atoms with Crippen LogP contribution in [-0.2, 0) is 23.9 Å². The third-order valence-corrected chi connectivity index (χ3v) is 2.77. The Morgan fingerprint density at radius 1 is 1.25 bits per heavy atom. The van der Waals surface area contributed by atoms with Gasteiger partial charge in [0.15, 0.2) is 5.78 Å². The molecule has 0 aromatic rings. The van der Waals surface area contributed by atoms with E-state index in [0.29, 0.717) is 0 Å². The van der Waals surface area contributed by atoms with Crippen molar-refractivity contribution in [3.05, 3.63) is 0 Å². The molecule has 0 heterocycles. The predicted octanol–water partition coefficient (Wildman–Crippen LogP) is 0.447. The van der Waals surface area contributed by atoms with Gasteiger partial charge < -0.3 is 4.74 Å². The van der Waals surface area contributed by atoms with E-state index in [9.17, 15) is 19.2 Å². The van der Waals surface area contributed by atoms with Crippen LogP contribution in [0.4, 0.5) is 0 Å². The summed E-state index contributed by atoms with van der Waals surface area (Å²) in [7, 11) is 1.19. The zero-order valence-corrected chi connectivity index (χ0v) is 9.37. The summed E-state index contributed by atoms with van der Waals surface area (Å²) in [6.07, 6.45) is -0.405. The summed E-state index contributed by atoms with van der Waals surface area (Å²) >= 11 is 0. The molecule has 0 aromatic carbocycles. The van der Waals surface area contributed by atoms with Crippen molar-refractivity contribution in [2.45, 2.75) is 32.6 Å². The topological polar surface area (TPSA) is 77.5 Å². The highest BCUT2D eigenvalue weighted by Gasteiger charge is 2.41. The average molecular weight is 226 g/mol. The number of ether oxygens (including phenoxy) is 1. The first-order valence-electron chi connectivity index (χ1n) is 5.01. The van der Waals surface area contributed by atoms with E-state index in [1.54, 1.807) is 6.92 Å². The van der Waals surface area contributed by atoms with E-state index in [0.717, 1.165) is 0 Å². The minimum Gasteiger partial charge on any atom is -0.469 e. The van der Waals surface area contributed by atoms with E-state index >= 15 is 0 Å². The Kier molecular flexibility index (Phi) is 3.57. The molecule has 5 nitrogen and oxygen atoms in total. The summed E-state index contributed by atoms with van der Waals surface area (Å²) in [5.41, 5.74) is -1.03. The molecule has 0 aliphatic heterocycles. The molecular weight excluding hydrogens is 212 g/mol. The van der Waals surface area contributed by atoms with Gasteiger partial charge in [-0.3, -0.25) is 19.2 Å². The molecule has 0 aromatic heterocycles. The minimum atomic E-state index is -1.03. The molecule has 0 amide bonds. The molecule has 1 fully saturated rings. The second kappa shape index (κ2) is 4.55. The monoisotopic (exact) mass is 226 g/mol. The van der Waals surface area contributed by atoms with Crippen LogP contribution in [0, 0.1) is 5.41 Å². The third-order valence-electron chi connectivity index (χ3n) is 2.77. The number of methoxy groups -OCH3 is 1. The quantitative estimate of drug-likeness (QED) is 0.515. The molecule has 1 aliphatic rings. The Morgan fingerprint density at radius 3 is 2.19 bits per heavy atom. The van der Waals surface area contributed by atoms with Gasteiger partial charge in [-0.25, -0.2) is 0 Å². The second-order valence-corrected chi connectivity index (χ2v) is 4.34. The number of ketones is 3. The third kappa shape index (κ3) is 2.74. The van der Waals surface area contributed by atoms with Crippen molar-refractivity contribution >= 4 is 23.3 Å². The number of carbonyl (C=O) groups is 4. The smallest absolute Gasteiger partial charge is 0.313 e. The van der Waals surface area contributed by atoms with Gasteiger partial charge >= 0.3 is 5.97 Å².